The SMILES string of the molecule is CCC(N)C(c1cccs1)n1ccnc1C. The van der Waals surface area contributed by atoms with Gasteiger partial charge in [-0.3, -0.25) is 0 Å². The van der Waals surface area contributed by atoms with E-state index in [0.717, 1.165) is 12.2 Å². The molecule has 2 aromatic heterocycles. The number of rotatable bonds is 4. The number of nitrogens with zero attached hydrogens (tertiary/aromatic N) is 2. The standard InChI is InChI=1S/C12H17N3S/c1-3-10(13)12(11-5-4-8-16-11)15-7-6-14-9(15)2/h4-8,10,12H,3,13H2,1-2H3. The van der Waals surface area contributed by atoms with Gasteiger partial charge in [-0.25, -0.2) is 4.98 Å². The molecule has 0 radical (unpaired) electrons. The molecule has 2 aromatic rings. The van der Waals surface area contributed by atoms with Crippen molar-refractivity contribution in [2.24, 2.45) is 5.73 Å². The quantitative estimate of drug-likeness (QED) is 0.885. The van der Waals surface area contributed by atoms with Crippen molar-refractivity contribution >= 4 is 11.3 Å². The zero-order valence-corrected chi connectivity index (χ0v) is 10.4. The van der Waals surface area contributed by atoms with E-state index in [9.17, 15) is 0 Å². The minimum atomic E-state index is 0.131. The van der Waals surface area contributed by atoms with Crippen molar-refractivity contribution in [3.63, 3.8) is 0 Å². The Labute approximate surface area is 99.9 Å². The van der Waals surface area contributed by atoms with Crippen LogP contribution in [-0.4, -0.2) is 15.6 Å². The van der Waals surface area contributed by atoms with Gasteiger partial charge < -0.3 is 10.3 Å². The minimum Gasteiger partial charge on any atom is -0.326 e. The average Bonchev–Trinajstić information content (AvgIpc) is 2.92. The van der Waals surface area contributed by atoms with Crippen molar-refractivity contribution < 1.29 is 0 Å². The number of hydrogen-bond donors (Lipinski definition) is 1. The highest BCUT2D eigenvalue weighted by molar-refractivity contribution is 7.10. The normalized spacial score (nSPS) is 14.9. The van der Waals surface area contributed by atoms with Crippen LogP contribution in [-0.2, 0) is 0 Å². The third-order valence-electron chi connectivity index (χ3n) is 2.87. The molecule has 16 heavy (non-hydrogen) atoms. The maximum absolute atomic E-state index is 6.23. The second kappa shape index (κ2) is 4.80. The summed E-state index contributed by atoms with van der Waals surface area (Å²) in [7, 11) is 0. The van der Waals surface area contributed by atoms with Crippen LogP contribution in [0.3, 0.4) is 0 Å². The summed E-state index contributed by atoms with van der Waals surface area (Å²) in [4.78, 5) is 5.58. The summed E-state index contributed by atoms with van der Waals surface area (Å²) in [5.74, 6) is 1.02. The van der Waals surface area contributed by atoms with E-state index in [1.54, 1.807) is 11.3 Å². The zero-order chi connectivity index (χ0) is 11.5. The summed E-state index contributed by atoms with van der Waals surface area (Å²) in [6, 6.07) is 4.56. The fourth-order valence-corrected chi connectivity index (χ4v) is 2.82. The second-order valence-electron chi connectivity index (χ2n) is 3.91. The van der Waals surface area contributed by atoms with E-state index >= 15 is 0 Å². The Morgan fingerprint density at radius 3 is 2.88 bits per heavy atom. The number of hydrogen-bond acceptors (Lipinski definition) is 3. The van der Waals surface area contributed by atoms with Gasteiger partial charge in [0.2, 0.25) is 0 Å². The molecule has 3 nitrogen and oxygen atoms in total. The molecule has 0 aliphatic carbocycles. The third-order valence-corrected chi connectivity index (χ3v) is 3.82. The lowest BCUT2D eigenvalue weighted by atomic mass is 10.0. The van der Waals surface area contributed by atoms with Gasteiger partial charge in [0.1, 0.15) is 5.82 Å². The molecule has 2 rings (SSSR count). The minimum absolute atomic E-state index is 0.131. The molecule has 2 atom stereocenters. The summed E-state index contributed by atoms with van der Waals surface area (Å²) >= 11 is 1.75. The number of thiophene rings is 1. The Kier molecular flexibility index (Phi) is 3.41. The molecule has 86 valence electrons. The maximum Gasteiger partial charge on any atom is 0.106 e. The van der Waals surface area contributed by atoms with Crippen molar-refractivity contribution in [1.82, 2.24) is 9.55 Å². The molecule has 0 saturated heterocycles. The number of aromatic nitrogens is 2. The Hall–Kier alpha value is -1.13. The lowest BCUT2D eigenvalue weighted by Gasteiger charge is -2.24. The lowest BCUT2D eigenvalue weighted by molar-refractivity contribution is 0.457. The van der Waals surface area contributed by atoms with E-state index in [4.69, 9.17) is 5.73 Å². The molecule has 4 heteroatoms. The smallest absolute Gasteiger partial charge is 0.106 e. The second-order valence-corrected chi connectivity index (χ2v) is 4.89. The highest BCUT2D eigenvalue weighted by Gasteiger charge is 2.22. The number of aryl methyl sites for hydroxylation is 1. The molecule has 2 unspecified atom stereocenters. The predicted octanol–water partition coefficient (Wildman–Crippen LogP) is 2.58. The molecule has 0 bridgehead atoms. The summed E-state index contributed by atoms with van der Waals surface area (Å²) in [6.45, 7) is 4.14. The topological polar surface area (TPSA) is 43.8 Å². The van der Waals surface area contributed by atoms with Gasteiger partial charge in [-0.15, -0.1) is 11.3 Å². The van der Waals surface area contributed by atoms with E-state index in [0.29, 0.717) is 0 Å². The largest absolute Gasteiger partial charge is 0.326 e. The summed E-state index contributed by atoms with van der Waals surface area (Å²) in [6.07, 6.45) is 4.80. The van der Waals surface area contributed by atoms with Crippen LogP contribution < -0.4 is 5.73 Å². The van der Waals surface area contributed by atoms with Crippen LogP contribution in [0.25, 0.3) is 0 Å². The van der Waals surface area contributed by atoms with Gasteiger partial charge in [-0.05, 0) is 24.8 Å². The van der Waals surface area contributed by atoms with Crippen molar-refractivity contribution in [2.75, 3.05) is 0 Å². The molecule has 0 saturated carbocycles. The first kappa shape index (κ1) is 11.4. The fourth-order valence-electron chi connectivity index (χ4n) is 1.92. The van der Waals surface area contributed by atoms with E-state index in [1.165, 1.54) is 4.88 Å². The molecule has 0 amide bonds. The molecule has 2 N–H and O–H groups in total. The van der Waals surface area contributed by atoms with Crippen LogP contribution >= 0.6 is 11.3 Å². The molecule has 0 aliphatic rings. The van der Waals surface area contributed by atoms with Crippen molar-refractivity contribution in [2.45, 2.75) is 32.4 Å². The van der Waals surface area contributed by atoms with Gasteiger partial charge in [-0.2, -0.15) is 0 Å². The van der Waals surface area contributed by atoms with Gasteiger partial charge in [-0.1, -0.05) is 13.0 Å². The predicted molar refractivity (Wildman–Crippen MR) is 67.7 cm³/mol. The van der Waals surface area contributed by atoms with Gasteiger partial charge in [0.25, 0.3) is 0 Å². The van der Waals surface area contributed by atoms with Crippen LogP contribution in [0.4, 0.5) is 0 Å². The van der Waals surface area contributed by atoms with Gasteiger partial charge >= 0.3 is 0 Å². The lowest BCUT2D eigenvalue weighted by Crippen LogP contribution is -2.32. The third kappa shape index (κ3) is 2.03. The molecular formula is C12H17N3S. The summed E-state index contributed by atoms with van der Waals surface area (Å²) in [5, 5.41) is 2.09. The molecule has 2 heterocycles. The van der Waals surface area contributed by atoms with Crippen LogP contribution in [0, 0.1) is 6.92 Å². The number of nitrogens with two attached hydrogens (primary N) is 1. The van der Waals surface area contributed by atoms with Gasteiger partial charge in [0.15, 0.2) is 0 Å². The Morgan fingerprint density at radius 2 is 2.38 bits per heavy atom. The molecule has 0 spiro atoms. The van der Waals surface area contributed by atoms with Crippen LogP contribution in [0.15, 0.2) is 29.9 Å². The Bertz CT molecular complexity index is 433. The Balaban J connectivity index is 2.40. The first-order valence-corrected chi connectivity index (χ1v) is 6.40. The zero-order valence-electron chi connectivity index (χ0n) is 9.63. The van der Waals surface area contributed by atoms with Gasteiger partial charge in [0.05, 0.1) is 6.04 Å². The Morgan fingerprint density at radius 1 is 1.56 bits per heavy atom. The fraction of sp³-hybridized carbons (Fsp3) is 0.417. The molecule has 0 aromatic carbocycles. The van der Waals surface area contributed by atoms with E-state index in [1.807, 2.05) is 19.3 Å². The van der Waals surface area contributed by atoms with Crippen molar-refractivity contribution in [3.8, 4) is 0 Å². The van der Waals surface area contributed by atoms with Crippen LogP contribution in [0.2, 0.25) is 0 Å². The van der Waals surface area contributed by atoms with E-state index < -0.39 is 0 Å². The molecular weight excluding hydrogens is 218 g/mol. The van der Waals surface area contributed by atoms with Crippen LogP contribution in [0.1, 0.15) is 30.1 Å². The van der Waals surface area contributed by atoms with Gasteiger partial charge in [0, 0.05) is 23.3 Å². The van der Waals surface area contributed by atoms with E-state index in [-0.39, 0.29) is 12.1 Å². The molecule has 0 fully saturated rings. The van der Waals surface area contributed by atoms with Crippen LogP contribution in [0.5, 0.6) is 0 Å². The summed E-state index contributed by atoms with van der Waals surface area (Å²) in [5.41, 5.74) is 6.23. The van der Waals surface area contributed by atoms with E-state index in [2.05, 4.69) is 34.0 Å². The van der Waals surface area contributed by atoms with Crippen molar-refractivity contribution in [1.29, 1.82) is 0 Å². The number of imidazole rings is 1. The van der Waals surface area contributed by atoms with Crippen molar-refractivity contribution in [3.05, 3.63) is 40.6 Å². The average molecular weight is 235 g/mol. The highest BCUT2D eigenvalue weighted by atomic mass is 32.1. The maximum atomic E-state index is 6.23. The first-order chi connectivity index (χ1) is 7.74. The summed E-state index contributed by atoms with van der Waals surface area (Å²) < 4.78 is 2.17. The molecule has 0 aliphatic heterocycles. The highest BCUT2D eigenvalue weighted by Crippen LogP contribution is 2.27. The monoisotopic (exact) mass is 235 g/mol. The first-order valence-electron chi connectivity index (χ1n) is 5.52.